The van der Waals surface area contributed by atoms with Crippen LogP contribution in [0.2, 0.25) is 0 Å². The maximum Gasteiger partial charge on any atom is 0.259 e. The van der Waals surface area contributed by atoms with Crippen LogP contribution in [0, 0.1) is 10.7 Å². The van der Waals surface area contributed by atoms with E-state index in [2.05, 4.69) is 38.4 Å². The molecule has 1 aromatic carbocycles. The van der Waals surface area contributed by atoms with E-state index >= 15 is 0 Å². The average Bonchev–Trinajstić information content (AvgIpc) is 2.84. The van der Waals surface area contributed by atoms with Gasteiger partial charge in [-0.2, -0.15) is 5.10 Å². The second-order valence-electron chi connectivity index (χ2n) is 4.15. The van der Waals surface area contributed by atoms with Crippen LogP contribution in [0.15, 0.2) is 45.9 Å². The molecule has 1 heterocycles. The van der Waals surface area contributed by atoms with Crippen molar-refractivity contribution in [2.24, 2.45) is 5.10 Å². The Kier molecular flexibility index (Phi) is 5.16. The standard InChI is InChI=1S/C14H14IN3O2/c1-10-2-4-11(5-3-10)16-9-14(19)18-17-8-12-6-7-13(15)20-12/h2-8,16H,9H2,1H3,(H,18,19)/b17-8+. The minimum atomic E-state index is -0.219. The second-order valence-corrected chi connectivity index (χ2v) is 5.22. The van der Waals surface area contributed by atoms with Crippen molar-refractivity contribution in [1.29, 1.82) is 0 Å². The monoisotopic (exact) mass is 383 g/mol. The molecule has 0 spiro atoms. The first-order valence-corrected chi connectivity index (χ1v) is 7.09. The fraction of sp³-hybridized carbons (Fsp3) is 0.143. The van der Waals surface area contributed by atoms with Gasteiger partial charge < -0.3 is 9.73 Å². The number of carbonyl (C=O) groups excluding carboxylic acids is 1. The summed E-state index contributed by atoms with van der Waals surface area (Å²) in [6.45, 7) is 2.18. The molecular weight excluding hydrogens is 369 g/mol. The molecule has 0 aliphatic heterocycles. The quantitative estimate of drug-likeness (QED) is 0.474. The molecule has 20 heavy (non-hydrogen) atoms. The van der Waals surface area contributed by atoms with Gasteiger partial charge in [0.2, 0.25) is 0 Å². The van der Waals surface area contributed by atoms with E-state index in [9.17, 15) is 4.79 Å². The van der Waals surface area contributed by atoms with Gasteiger partial charge in [0.15, 0.2) is 3.77 Å². The third kappa shape index (κ3) is 4.69. The van der Waals surface area contributed by atoms with E-state index in [4.69, 9.17) is 4.42 Å². The van der Waals surface area contributed by atoms with Crippen molar-refractivity contribution in [1.82, 2.24) is 5.43 Å². The third-order valence-corrected chi connectivity index (χ3v) is 3.06. The van der Waals surface area contributed by atoms with Crippen molar-refractivity contribution >= 4 is 40.4 Å². The van der Waals surface area contributed by atoms with Gasteiger partial charge in [-0.3, -0.25) is 4.79 Å². The number of hydrogen-bond acceptors (Lipinski definition) is 4. The lowest BCUT2D eigenvalue weighted by molar-refractivity contribution is -0.119. The van der Waals surface area contributed by atoms with E-state index in [0.29, 0.717) is 5.76 Å². The van der Waals surface area contributed by atoms with Crippen molar-refractivity contribution in [3.05, 3.63) is 51.5 Å². The van der Waals surface area contributed by atoms with Gasteiger partial charge in [-0.05, 0) is 53.8 Å². The molecule has 5 nitrogen and oxygen atoms in total. The summed E-state index contributed by atoms with van der Waals surface area (Å²) in [7, 11) is 0. The van der Waals surface area contributed by atoms with Crippen molar-refractivity contribution in [3.8, 4) is 0 Å². The second kappa shape index (κ2) is 7.09. The zero-order chi connectivity index (χ0) is 14.4. The number of nitrogens with one attached hydrogen (secondary N) is 2. The maximum atomic E-state index is 11.6. The molecule has 2 aromatic rings. The van der Waals surface area contributed by atoms with E-state index in [1.807, 2.05) is 37.3 Å². The summed E-state index contributed by atoms with van der Waals surface area (Å²) in [6.07, 6.45) is 1.46. The molecule has 0 saturated heterocycles. The van der Waals surface area contributed by atoms with Crippen LogP contribution in [-0.4, -0.2) is 18.7 Å². The molecule has 0 aliphatic carbocycles. The molecule has 2 N–H and O–H groups in total. The van der Waals surface area contributed by atoms with Crippen molar-refractivity contribution < 1.29 is 9.21 Å². The summed E-state index contributed by atoms with van der Waals surface area (Å²) in [5.74, 6) is 0.379. The van der Waals surface area contributed by atoms with Crippen LogP contribution < -0.4 is 10.7 Å². The molecule has 1 aromatic heterocycles. The number of hydrazone groups is 1. The zero-order valence-electron chi connectivity index (χ0n) is 10.9. The summed E-state index contributed by atoms with van der Waals surface area (Å²) < 4.78 is 6.05. The van der Waals surface area contributed by atoms with Crippen molar-refractivity contribution in [2.75, 3.05) is 11.9 Å². The fourth-order valence-corrected chi connectivity index (χ4v) is 1.89. The Morgan fingerprint density at radius 1 is 1.30 bits per heavy atom. The number of anilines is 1. The van der Waals surface area contributed by atoms with E-state index < -0.39 is 0 Å². The number of amides is 1. The molecule has 0 bridgehead atoms. The van der Waals surface area contributed by atoms with Crippen LogP contribution in [0.25, 0.3) is 0 Å². The molecule has 0 fully saturated rings. The Morgan fingerprint density at radius 2 is 2.05 bits per heavy atom. The first-order valence-electron chi connectivity index (χ1n) is 6.01. The molecule has 0 atom stereocenters. The molecule has 2 rings (SSSR count). The summed E-state index contributed by atoms with van der Waals surface area (Å²) in [6, 6.07) is 11.4. The molecule has 104 valence electrons. The van der Waals surface area contributed by atoms with E-state index in [-0.39, 0.29) is 12.5 Å². The highest BCUT2D eigenvalue weighted by Crippen LogP contribution is 2.08. The average molecular weight is 383 g/mol. The molecule has 0 unspecified atom stereocenters. The maximum absolute atomic E-state index is 11.6. The predicted molar refractivity (Wildman–Crippen MR) is 86.8 cm³/mol. The van der Waals surface area contributed by atoms with E-state index in [1.165, 1.54) is 11.8 Å². The summed E-state index contributed by atoms with van der Waals surface area (Å²) >= 11 is 2.06. The molecule has 0 aliphatic rings. The number of carbonyl (C=O) groups is 1. The van der Waals surface area contributed by atoms with Crippen LogP contribution in [0.3, 0.4) is 0 Å². The van der Waals surface area contributed by atoms with Gasteiger partial charge in [-0.15, -0.1) is 0 Å². The van der Waals surface area contributed by atoms with Crippen LogP contribution >= 0.6 is 22.6 Å². The van der Waals surface area contributed by atoms with Crippen LogP contribution in [0.5, 0.6) is 0 Å². The number of rotatable bonds is 5. The highest BCUT2D eigenvalue weighted by molar-refractivity contribution is 14.1. The number of benzene rings is 1. The summed E-state index contributed by atoms with van der Waals surface area (Å²) in [4.78, 5) is 11.6. The molecule has 6 heteroatoms. The van der Waals surface area contributed by atoms with Crippen LogP contribution in [0.1, 0.15) is 11.3 Å². The number of hydrogen-bond donors (Lipinski definition) is 2. The van der Waals surface area contributed by atoms with Crippen LogP contribution in [0.4, 0.5) is 5.69 Å². The number of furan rings is 1. The first kappa shape index (κ1) is 14.6. The predicted octanol–water partition coefficient (Wildman–Crippen LogP) is 2.75. The number of halogens is 1. The zero-order valence-corrected chi connectivity index (χ0v) is 13.0. The van der Waals surface area contributed by atoms with Gasteiger partial charge in [0.25, 0.3) is 5.91 Å². The first-order chi connectivity index (χ1) is 9.63. The van der Waals surface area contributed by atoms with Gasteiger partial charge in [0, 0.05) is 5.69 Å². The SMILES string of the molecule is Cc1ccc(NCC(=O)N/N=C/c2ccc(I)o2)cc1. The molecule has 1 amide bonds. The van der Waals surface area contributed by atoms with Gasteiger partial charge in [0.05, 0.1) is 12.8 Å². The lowest BCUT2D eigenvalue weighted by atomic mass is 10.2. The van der Waals surface area contributed by atoms with E-state index in [0.717, 1.165) is 9.45 Å². The number of aryl methyl sites for hydroxylation is 1. The Morgan fingerprint density at radius 3 is 2.70 bits per heavy atom. The van der Waals surface area contributed by atoms with Gasteiger partial charge in [0.1, 0.15) is 5.76 Å². The molecular formula is C14H14IN3O2. The Hall–Kier alpha value is -1.83. The molecule has 0 radical (unpaired) electrons. The minimum absolute atomic E-state index is 0.163. The lowest BCUT2D eigenvalue weighted by Crippen LogP contribution is -2.25. The Balaban J connectivity index is 1.75. The van der Waals surface area contributed by atoms with Gasteiger partial charge in [-0.1, -0.05) is 17.7 Å². The fourth-order valence-electron chi connectivity index (χ4n) is 1.46. The summed E-state index contributed by atoms with van der Waals surface area (Å²) in [5.41, 5.74) is 4.50. The lowest BCUT2D eigenvalue weighted by Gasteiger charge is -2.05. The topological polar surface area (TPSA) is 66.6 Å². The summed E-state index contributed by atoms with van der Waals surface area (Å²) in [5, 5.41) is 6.83. The van der Waals surface area contributed by atoms with Crippen molar-refractivity contribution in [2.45, 2.75) is 6.92 Å². The highest BCUT2D eigenvalue weighted by Gasteiger charge is 2.00. The van der Waals surface area contributed by atoms with E-state index in [1.54, 1.807) is 6.07 Å². The largest absolute Gasteiger partial charge is 0.449 e. The Bertz CT molecular complexity index is 605. The smallest absolute Gasteiger partial charge is 0.259 e. The van der Waals surface area contributed by atoms with Gasteiger partial charge >= 0.3 is 0 Å². The highest BCUT2D eigenvalue weighted by atomic mass is 127. The van der Waals surface area contributed by atoms with Gasteiger partial charge in [-0.25, -0.2) is 5.43 Å². The molecule has 0 saturated carbocycles. The third-order valence-electron chi connectivity index (χ3n) is 2.48. The Labute approximate surface area is 130 Å². The van der Waals surface area contributed by atoms with Crippen molar-refractivity contribution in [3.63, 3.8) is 0 Å². The van der Waals surface area contributed by atoms with Crippen LogP contribution in [-0.2, 0) is 4.79 Å². The minimum Gasteiger partial charge on any atom is -0.449 e. The number of nitrogens with zero attached hydrogens (tertiary/aromatic N) is 1. The normalized spacial score (nSPS) is 10.7.